The molecule has 1 aliphatic rings. The van der Waals surface area contributed by atoms with Crippen LogP contribution in [0.5, 0.6) is 6.01 Å². The van der Waals surface area contributed by atoms with Crippen molar-refractivity contribution < 1.29 is 19.0 Å². The van der Waals surface area contributed by atoms with Gasteiger partial charge in [0.15, 0.2) is 0 Å². The molecule has 0 unspecified atom stereocenters. The normalized spacial score (nSPS) is 14.9. The molecule has 2 aromatic rings. The zero-order valence-electron chi connectivity index (χ0n) is 16.1. The number of nitrogens with zero attached hydrogens (tertiary/aromatic N) is 3. The highest BCUT2D eigenvalue weighted by Gasteiger charge is 2.21. The van der Waals surface area contributed by atoms with Crippen LogP contribution in [0.25, 0.3) is 0 Å². The Morgan fingerprint density at radius 3 is 2.54 bits per heavy atom. The molecule has 7 heteroatoms. The van der Waals surface area contributed by atoms with Gasteiger partial charge < -0.3 is 14.7 Å². The summed E-state index contributed by atoms with van der Waals surface area (Å²) < 4.78 is 19.8. The summed E-state index contributed by atoms with van der Waals surface area (Å²) in [5.74, 6) is 0.184. The first-order valence-corrected chi connectivity index (χ1v) is 9.63. The van der Waals surface area contributed by atoms with Gasteiger partial charge in [0.1, 0.15) is 5.82 Å². The predicted molar refractivity (Wildman–Crippen MR) is 102 cm³/mol. The molecule has 1 N–H and O–H groups in total. The molecular formula is C21H26FN3O3. The quantitative estimate of drug-likeness (QED) is 0.790. The number of ether oxygens (including phenoxy) is 1. The second-order valence-corrected chi connectivity index (χ2v) is 7.18. The lowest BCUT2D eigenvalue weighted by atomic mass is 9.98. The van der Waals surface area contributed by atoms with E-state index in [1.54, 1.807) is 37.5 Å². The first kappa shape index (κ1) is 20.2. The smallest absolute Gasteiger partial charge is 0.316 e. The van der Waals surface area contributed by atoms with Crippen LogP contribution in [0.2, 0.25) is 0 Å². The third-order valence-corrected chi connectivity index (χ3v) is 5.20. The number of piperidine rings is 1. The fraction of sp³-hybridized carbons (Fsp3) is 0.476. The fourth-order valence-corrected chi connectivity index (χ4v) is 3.38. The SMILES string of the molecule is CC(=O)N1CCC(COc2ncc(CCc3cccc(CO)c3F)cn2)CC1. The largest absolute Gasteiger partial charge is 0.463 e. The maximum atomic E-state index is 14.2. The van der Waals surface area contributed by atoms with Gasteiger partial charge in [-0.05, 0) is 42.7 Å². The molecule has 1 aliphatic heterocycles. The third-order valence-electron chi connectivity index (χ3n) is 5.20. The highest BCUT2D eigenvalue weighted by atomic mass is 19.1. The Labute approximate surface area is 164 Å². The number of hydrogen-bond donors (Lipinski definition) is 1. The van der Waals surface area contributed by atoms with Gasteiger partial charge in [-0.25, -0.2) is 14.4 Å². The minimum atomic E-state index is -0.346. The number of aryl methyl sites for hydroxylation is 2. The van der Waals surface area contributed by atoms with Crippen molar-refractivity contribution in [3.8, 4) is 6.01 Å². The summed E-state index contributed by atoms with van der Waals surface area (Å²) in [4.78, 5) is 21.7. The molecule has 3 rings (SSSR count). The number of benzene rings is 1. The lowest BCUT2D eigenvalue weighted by Gasteiger charge is -2.30. The van der Waals surface area contributed by atoms with Crippen LogP contribution in [-0.4, -0.2) is 45.6 Å². The number of likely N-dealkylation sites (tertiary alicyclic amines) is 1. The van der Waals surface area contributed by atoms with Crippen LogP contribution in [0.3, 0.4) is 0 Å². The van der Waals surface area contributed by atoms with Gasteiger partial charge in [0, 0.05) is 38.0 Å². The van der Waals surface area contributed by atoms with Crippen LogP contribution >= 0.6 is 0 Å². The Hall–Kier alpha value is -2.54. The number of carbonyl (C=O) groups is 1. The van der Waals surface area contributed by atoms with Crippen LogP contribution in [0.15, 0.2) is 30.6 Å². The number of amides is 1. The summed E-state index contributed by atoms with van der Waals surface area (Å²) >= 11 is 0. The predicted octanol–water partition coefficient (Wildman–Crippen LogP) is 2.53. The Morgan fingerprint density at radius 2 is 1.89 bits per heavy atom. The van der Waals surface area contributed by atoms with Gasteiger partial charge in [0.05, 0.1) is 13.2 Å². The first-order chi connectivity index (χ1) is 13.6. The van der Waals surface area contributed by atoms with Crippen LogP contribution in [0.1, 0.15) is 36.5 Å². The van der Waals surface area contributed by atoms with E-state index < -0.39 is 0 Å². The molecule has 0 bridgehead atoms. The van der Waals surface area contributed by atoms with Crippen molar-refractivity contribution in [2.75, 3.05) is 19.7 Å². The molecule has 1 aromatic carbocycles. The third kappa shape index (κ3) is 5.25. The van der Waals surface area contributed by atoms with Gasteiger partial charge in [-0.15, -0.1) is 0 Å². The molecule has 2 heterocycles. The van der Waals surface area contributed by atoms with Crippen molar-refractivity contribution in [1.82, 2.24) is 14.9 Å². The summed E-state index contributed by atoms with van der Waals surface area (Å²) in [5, 5.41) is 9.15. The van der Waals surface area contributed by atoms with Gasteiger partial charge >= 0.3 is 6.01 Å². The number of aliphatic hydroxyl groups is 1. The van der Waals surface area contributed by atoms with E-state index in [1.807, 2.05) is 4.90 Å². The Bertz CT molecular complexity index is 790. The number of rotatable bonds is 7. The van der Waals surface area contributed by atoms with Gasteiger partial charge in [-0.1, -0.05) is 18.2 Å². The van der Waals surface area contributed by atoms with Gasteiger partial charge in [-0.3, -0.25) is 4.79 Å². The molecule has 6 nitrogen and oxygen atoms in total. The van der Waals surface area contributed by atoms with Crippen molar-refractivity contribution in [1.29, 1.82) is 0 Å². The van der Waals surface area contributed by atoms with E-state index in [2.05, 4.69) is 9.97 Å². The van der Waals surface area contributed by atoms with Gasteiger partial charge in [0.2, 0.25) is 5.91 Å². The monoisotopic (exact) mass is 387 g/mol. The van der Waals surface area contributed by atoms with E-state index in [0.29, 0.717) is 42.5 Å². The van der Waals surface area contributed by atoms with Crippen molar-refractivity contribution in [2.45, 2.75) is 39.2 Å². The van der Waals surface area contributed by atoms with Crippen LogP contribution in [0.4, 0.5) is 4.39 Å². The lowest BCUT2D eigenvalue weighted by Crippen LogP contribution is -2.38. The summed E-state index contributed by atoms with van der Waals surface area (Å²) in [6, 6.07) is 5.40. The minimum absolute atomic E-state index is 0.126. The second-order valence-electron chi connectivity index (χ2n) is 7.18. The van der Waals surface area contributed by atoms with Crippen LogP contribution < -0.4 is 4.74 Å². The van der Waals surface area contributed by atoms with Crippen molar-refractivity contribution in [3.63, 3.8) is 0 Å². The van der Waals surface area contributed by atoms with E-state index >= 15 is 0 Å². The van der Waals surface area contributed by atoms with E-state index in [0.717, 1.165) is 31.5 Å². The molecule has 0 saturated carbocycles. The highest BCUT2D eigenvalue weighted by molar-refractivity contribution is 5.73. The van der Waals surface area contributed by atoms with E-state index in [4.69, 9.17) is 9.84 Å². The van der Waals surface area contributed by atoms with Crippen LogP contribution in [0, 0.1) is 11.7 Å². The first-order valence-electron chi connectivity index (χ1n) is 9.63. The second kappa shape index (κ2) is 9.59. The van der Waals surface area contributed by atoms with E-state index in [-0.39, 0.29) is 18.3 Å². The Kier molecular flexibility index (Phi) is 6.92. The molecule has 0 aliphatic carbocycles. The van der Waals surface area contributed by atoms with E-state index in [1.165, 1.54) is 0 Å². The molecule has 28 heavy (non-hydrogen) atoms. The molecule has 150 valence electrons. The molecule has 0 atom stereocenters. The minimum Gasteiger partial charge on any atom is -0.463 e. The summed E-state index contributed by atoms with van der Waals surface area (Å²) in [7, 11) is 0. The maximum absolute atomic E-state index is 14.2. The zero-order valence-corrected chi connectivity index (χ0v) is 16.1. The molecule has 1 fully saturated rings. The number of hydrogen-bond acceptors (Lipinski definition) is 5. The Morgan fingerprint density at radius 1 is 1.21 bits per heavy atom. The zero-order chi connectivity index (χ0) is 19.9. The van der Waals surface area contributed by atoms with Gasteiger partial charge in [-0.2, -0.15) is 0 Å². The molecule has 0 spiro atoms. The summed E-state index contributed by atoms with van der Waals surface area (Å²) in [6.45, 7) is 3.39. The highest BCUT2D eigenvalue weighted by Crippen LogP contribution is 2.19. The van der Waals surface area contributed by atoms with Crippen molar-refractivity contribution in [2.24, 2.45) is 5.92 Å². The Balaban J connectivity index is 1.46. The van der Waals surface area contributed by atoms with Crippen molar-refractivity contribution >= 4 is 5.91 Å². The fourth-order valence-electron chi connectivity index (χ4n) is 3.38. The number of carbonyl (C=O) groups excluding carboxylic acids is 1. The topological polar surface area (TPSA) is 75.6 Å². The average Bonchev–Trinajstić information content (AvgIpc) is 2.72. The maximum Gasteiger partial charge on any atom is 0.316 e. The van der Waals surface area contributed by atoms with Gasteiger partial charge in [0.25, 0.3) is 0 Å². The molecule has 1 aromatic heterocycles. The molecule has 0 radical (unpaired) electrons. The summed E-state index contributed by atoms with van der Waals surface area (Å²) in [6.07, 6.45) is 6.38. The van der Waals surface area contributed by atoms with E-state index in [9.17, 15) is 9.18 Å². The van der Waals surface area contributed by atoms with Crippen LogP contribution in [-0.2, 0) is 24.2 Å². The lowest BCUT2D eigenvalue weighted by molar-refractivity contribution is -0.130. The summed E-state index contributed by atoms with van der Waals surface area (Å²) in [5.41, 5.74) is 1.78. The number of aliphatic hydroxyl groups excluding tert-OH is 1. The molecule has 1 amide bonds. The average molecular weight is 387 g/mol. The molecule has 1 saturated heterocycles. The van der Waals surface area contributed by atoms with Crippen molar-refractivity contribution in [3.05, 3.63) is 53.1 Å². The number of halogens is 1. The number of aromatic nitrogens is 2. The molecular weight excluding hydrogens is 361 g/mol. The standard InChI is InChI=1S/C21H26FN3O3/c1-15(27)25-9-7-16(8-10-25)14-28-21-23-11-17(12-24-21)5-6-18-3-2-4-19(13-26)20(18)22/h2-4,11-12,16,26H,5-10,13-14H2,1H3.